The third-order valence-corrected chi connectivity index (χ3v) is 4.07. The van der Waals surface area contributed by atoms with E-state index in [2.05, 4.69) is 5.32 Å². The topological polar surface area (TPSA) is 84.7 Å². The highest BCUT2D eigenvalue weighted by Crippen LogP contribution is 2.15. The smallest absolute Gasteiger partial charge is 0.409 e. The summed E-state index contributed by atoms with van der Waals surface area (Å²) in [5, 5.41) is 3.01. The molecule has 1 aliphatic heterocycles. The monoisotopic (exact) mass is 285 g/mol. The Labute approximate surface area is 121 Å². The first-order valence-corrected chi connectivity index (χ1v) is 7.48. The Morgan fingerprint density at radius 2 is 1.80 bits per heavy atom. The minimum Gasteiger partial charge on any atom is -0.450 e. The molecule has 3 N–H and O–H groups in total. The number of carbonyl (C=O) groups is 2. The zero-order valence-electron chi connectivity index (χ0n) is 12.8. The Bertz CT molecular complexity index is 335. The second kappa shape index (κ2) is 7.47. The third kappa shape index (κ3) is 4.10. The number of carbonyl (C=O) groups excluding carboxylic acids is 2. The van der Waals surface area contributed by atoms with Crippen molar-refractivity contribution in [2.45, 2.75) is 58.0 Å². The van der Waals surface area contributed by atoms with Gasteiger partial charge in [0.15, 0.2) is 0 Å². The molecule has 6 nitrogen and oxygen atoms in total. The molecule has 0 atom stereocenters. The van der Waals surface area contributed by atoms with Crippen LogP contribution in [0.25, 0.3) is 0 Å². The number of nitrogens with two attached hydrogens (primary N) is 1. The van der Waals surface area contributed by atoms with Gasteiger partial charge in [-0.2, -0.15) is 0 Å². The molecule has 20 heavy (non-hydrogen) atoms. The summed E-state index contributed by atoms with van der Waals surface area (Å²) < 4.78 is 4.97. The van der Waals surface area contributed by atoms with Crippen LogP contribution in [0.15, 0.2) is 0 Å². The molecule has 1 fully saturated rings. The molecule has 0 aromatic rings. The van der Waals surface area contributed by atoms with Crippen molar-refractivity contribution in [3.05, 3.63) is 0 Å². The molecule has 1 rings (SSSR count). The molecule has 0 radical (unpaired) electrons. The molecule has 0 unspecified atom stereocenters. The lowest BCUT2D eigenvalue weighted by Crippen LogP contribution is -2.57. The molecule has 0 bridgehead atoms. The molecule has 2 amide bonds. The number of nitrogens with zero attached hydrogens (tertiary/aromatic N) is 1. The maximum atomic E-state index is 12.2. The molecule has 1 saturated heterocycles. The fourth-order valence-electron chi connectivity index (χ4n) is 2.32. The third-order valence-electron chi connectivity index (χ3n) is 4.07. The van der Waals surface area contributed by atoms with E-state index in [-0.39, 0.29) is 18.0 Å². The van der Waals surface area contributed by atoms with Gasteiger partial charge >= 0.3 is 6.09 Å². The summed E-state index contributed by atoms with van der Waals surface area (Å²) in [6, 6.07) is 0.0919. The van der Waals surface area contributed by atoms with Crippen LogP contribution in [-0.4, -0.2) is 48.2 Å². The van der Waals surface area contributed by atoms with E-state index in [0.717, 1.165) is 12.8 Å². The van der Waals surface area contributed by atoms with E-state index in [1.807, 2.05) is 13.8 Å². The lowest BCUT2D eigenvalue weighted by molar-refractivity contribution is -0.127. The Morgan fingerprint density at radius 1 is 1.25 bits per heavy atom. The van der Waals surface area contributed by atoms with Crippen LogP contribution in [-0.2, 0) is 9.53 Å². The van der Waals surface area contributed by atoms with Crippen molar-refractivity contribution in [1.82, 2.24) is 10.2 Å². The highest BCUT2D eigenvalue weighted by molar-refractivity contribution is 5.86. The summed E-state index contributed by atoms with van der Waals surface area (Å²) in [5.74, 6) is -0.0860. The minimum absolute atomic E-state index is 0.0860. The van der Waals surface area contributed by atoms with Crippen LogP contribution in [0.5, 0.6) is 0 Å². The Hall–Kier alpha value is -1.30. The van der Waals surface area contributed by atoms with Gasteiger partial charge in [-0.15, -0.1) is 0 Å². The van der Waals surface area contributed by atoms with E-state index >= 15 is 0 Å². The zero-order valence-corrected chi connectivity index (χ0v) is 12.8. The van der Waals surface area contributed by atoms with Crippen LogP contribution in [0.1, 0.15) is 46.5 Å². The number of hydrogen-bond donors (Lipinski definition) is 2. The Kier molecular flexibility index (Phi) is 6.26. The molecule has 1 heterocycles. The van der Waals surface area contributed by atoms with Crippen LogP contribution in [0.3, 0.4) is 0 Å². The first kappa shape index (κ1) is 16.8. The van der Waals surface area contributed by atoms with Gasteiger partial charge in [0.25, 0.3) is 0 Å². The summed E-state index contributed by atoms with van der Waals surface area (Å²) in [5.41, 5.74) is 5.30. The number of rotatable bonds is 5. The summed E-state index contributed by atoms with van der Waals surface area (Å²) in [6.07, 6.45) is 2.46. The summed E-state index contributed by atoms with van der Waals surface area (Å²) in [6.45, 7) is 7.25. The van der Waals surface area contributed by atoms with Crippen molar-refractivity contribution in [3.63, 3.8) is 0 Å². The molecule has 0 aromatic heterocycles. The number of piperidine rings is 1. The van der Waals surface area contributed by atoms with Crippen molar-refractivity contribution < 1.29 is 14.3 Å². The summed E-state index contributed by atoms with van der Waals surface area (Å²) in [4.78, 5) is 25.4. The van der Waals surface area contributed by atoms with Crippen LogP contribution in [0.2, 0.25) is 0 Å². The predicted octanol–water partition coefficient (Wildman–Crippen LogP) is 1.24. The van der Waals surface area contributed by atoms with Gasteiger partial charge in [-0.05, 0) is 32.6 Å². The van der Waals surface area contributed by atoms with Gasteiger partial charge in [0.1, 0.15) is 0 Å². The van der Waals surface area contributed by atoms with Crippen molar-refractivity contribution in [3.8, 4) is 0 Å². The van der Waals surface area contributed by atoms with E-state index < -0.39 is 5.54 Å². The van der Waals surface area contributed by atoms with Gasteiger partial charge in [0.05, 0.1) is 12.1 Å². The zero-order chi connectivity index (χ0) is 15.2. The van der Waals surface area contributed by atoms with Crippen molar-refractivity contribution in [2.24, 2.45) is 5.73 Å². The van der Waals surface area contributed by atoms with E-state index in [0.29, 0.717) is 32.5 Å². The average molecular weight is 285 g/mol. The predicted molar refractivity (Wildman–Crippen MR) is 77.3 cm³/mol. The van der Waals surface area contributed by atoms with Gasteiger partial charge < -0.3 is 20.7 Å². The van der Waals surface area contributed by atoms with Gasteiger partial charge in [0.2, 0.25) is 5.91 Å². The number of hydrogen-bond acceptors (Lipinski definition) is 4. The maximum Gasteiger partial charge on any atom is 0.409 e. The molecule has 6 heteroatoms. The Balaban J connectivity index is 2.43. The van der Waals surface area contributed by atoms with E-state index in [1.54, 1.807) is 11.8 Å². The van der Waals surface area contributed by atoms with Gasteiger partial charge in [-0.3, -0.25) is 4.79 Å². The largest absolute Gasteiger partial charge is 0.450 e. The lowest BCUT2D eigenvalue weighted by atomic mass is 9.92. The average Bonchev–Trinajstić information content (AvgIpc) is 2.47. The quantitative estimate of drug-likeness (QED) is 0.796. The van der Waals surface area contributed by atoms with Crippen molar-refractivity contribution in [1.29, 1.82) is 0 Å². The van der Waals surface area contributed by atoms with Crippen LogP contribution in [0.4, 0.5) is 4.79 Å². The second-order valence-electron chi connectivity index (χ2n) is 5.30. The number of nitrogens with one attached hydrogen (secondary N) is 1. The van der Waals surface area contributed by atoms with Gasteiger partial charge in [0, 0.05) is 19.1 Å². The standard InChI is InChI=1S/C14H27N3O3/c1-4-14(15,5-2)12(18)16-11-7-9-17(10-8-11)13(19)20-6-3/h11H,4-10,15H2,1-3H3,(H,16,18). The molecular weight excluding hydrogens is 258 g/mol. The van der Waals surface area contributed by atoms with Crippen molar-refractivity contribution >= 4 is 12.0 Å². The van der Waals surface area contributed by atoms with E-state index in [1.165, 1.54) is 0 Å². The number of likely N-dealkylation sites (tertiary alicyclic amines) is 1. The first-order valence-electron chi connectivity index (χ1n) is 7.48. The number of amides is 2. The SMILES string of the molecule is CCOC(=O)N1CCC(NC(=O)C(N)(CC)CC)CC1. The van der Waals surface area contributed by atoms with E-state index in [4.69, 9.17) is 10.5 Å². The first-order chi connectivity index (χ1) is 9.46. The lowest BCUT2D eigenvalue weighted by Gasteiger charge is -2.34. The van der Waals surface area contributed by atoms with Crippen LogP contribution >= 0.6 is 0 Å². The fourth-order valence-corrected chi connectivity index (χ4v) is 2.32. The van der Waals surface area contributed by atoms with E-state index in [9.17, 15) is 9.59 Å². The highest BCUT2D eigenvalue weighted by atomic mass is 16.6. The maximum absolute atomic E-state index is 12.2. The molecule has 0 saturated carbocycles. The molecule has 1 aliphatic rings. The molecule has 116 valence electrons. The highest BCUT2D eigenvalue weighted by Gasteiger charge is 2.32. The molecule has 0 aliphatic carbocycles. The van der Waals surface area contributed by atoms with Crippen LogP contribution in [0, 0.1) is 0 Å². The Morgan fingerprint density at radius 3 is 2.25 bits per heavy atom. The summed E-state index contributed by atoms with van der Waals surface area (Å²) >= 11 is 0. The normalized spacial score (nSPS) is 16.9. The van der Waals surface area contributed by atoms with Gasteiger partial charge in [-0.1, -0.05) is 13.8 Å². The van der Waals surface area contributed by atoms with Gasteiger partial charge in [-0.25, -0.2) is 4.79 Å². The second-order valence-corrected chi connectivity index (χ2v) is 5.30. The molecular formula is C14H27N3O3. The van der Waals surface area contributed by atoms with Crippen molar-refractivity contribution in [2.75, 3.05) is 19.7 Å². The van der Waals surface area contributed by atoms with Crippen LogP contribution < -0.4 is 11.1 Å². The number of ether oxygens (including phenoxy) is 1. The minimum atomic E-state index is -0.779. The fraction of sp³-hybridized carbons (Fsp3) is 0.857. The molecule has 0 spiro atoms. The summed E-state index contributed by atoms with van der Waals surface area (Å²) in [7, 11) is 0. The molecule has 0 aromatic carbocycles.